The van der Waals surface area contributed by atoms with Gasteiger partial charge in [0.1, 0.15) is 0 Å². The molecule has 0 aliphatic carbocycles. The summed E-state index contributed by atoms with van der Waals surface area (Å²) in [5.41, 5.74) is 1.22. The first-order valence-electron chi connectivity index (χ1n) is 7.86. The summed E-state index contributed by atoms with van der Waals surface area (Å²) in [6.07, 6.45) is 3.35. The molecule has 4 nitrogen and oxygen atoms in total. The van der Waals surface area contributed by atoms with Gasteiger partial charge in [-0.3, -0.25) is 9.59 Å². The van der Waals surface area contributed by atoms with E-state index >= 15 is 0 Å². The number of carbonyl (C=O) groups excluding carboxylic acids is 2. The van der Waals surface area contributed by atoms with E-state index in [9.17, 15) is 9.59 Å². The molecule has 0 N–H and O–H groups in total. The van der Waals surface area contributed by atoms with Crippen LogP contribution >= 0.6 is 0 Å². The van der Waals surface area contributed by atoms with Crippen LogP contribution in [-0.2, 0) is 0 Å². The molecule has 0 radical (unpaired) electrons. The lowest BCUT2D eigenvalue weighted by atomic mass is 10.1. The molecule has 1 aromatic rings. The zero-order valence-electron chi connectivity index (χ0n) is 13.0. The van der Waals surface area contributed by atoms with Crippen molar-refractivity contribution in [2.45, 2.75) is 33.1 Å². The maximum Gasteiger partial charge on any atom is 0.253 e. The molecular formula is C17H24N2O2. The molecular weight excluding hydrogens is 264 g/mol. The Kier molecular flexibility index (Phi) is 5.37. The second-order valence-corrected chi connectivity index (χ2v) is 5.41. The molecule has 4 heteroatoms. The number of nitrogens with zero attached hydrogens (tertiary/aromatic N) is 2. The Morgan fingerprint density at radius 1 is 1.05 bits per heavy atom. The van der Waals surface area contributed by atoms with Crippen molar-refractivity contribution in [3.8, 4) is 0 Å². The van der Waals surface area contributed by atoms with Crippen LogP contribution in [0.2, 0.25) is 0 Å². The van der Waals surface area contributed by atoms with Crippen LogP contribution in [-0.4, -0.2) is 47.8 Å². The summed E-state index contributed by atoms with van der Waals surface area (Å²) < 4.78 is 0. The van der Waals surface area contributed by atoms with Crippen LogP contribution in [0.1, 0.15) is 53.8 Å². The van der Waals surface area contributed by atoms with Gasteiger partial charge in [-0.2, -0.15) is 0 Å². The third-order valence-corrected chi connectivity index (χ3v) is 4.05. The average molecular weight is 288 g/mol. The number of amides is 2. The van der Waals surface area contributed by atoms with E-state index in [0.717, 1.165) is 25.9 Å². The second kappa shape index (κ2) is 7.25. The molecule has 0 spiro atoms. The standard InChI is InChI=1S/C17H24N2O2/c1-3-18(4-2)16(20)14-9-8-10-15(13-14)17(21)19-11-6-5-7-12-19/h8-10,13H,3-7,11-12H2,1-2H3. The third kappa shape index (κ3) is 3.63. The first kappa shape index (κ1) is 15.5. The van der Waals surface area contributed by atoms with Crippen molar-refractivity contribution in [2.75, 3.05) is 26.2 Å². The highest BCUT2D eigenvalue weighted by Crippen LogP contribution is 2.15. The lowest BCUT2D eigenvalue weighted by Crippen LogP contribution is -2.36. The van der Waals surface area contributed by atoms with Crippen LogP contribution in [0, 0.1) is 0 Å². The zero-order valence-corrected chi connectivity index (χ0v) is 13.0. The van der Waals surface area contributed by atoms with Crippen molar-refractivity contribution in [1.29, 1.82) is 0 Å². The Bertz CT molecular complexity index is 503. The average Bonchev–Trinajstić information content (AvgIpc) is 2.56. The van der Waals surface area contributed by atoms with E-state index in [4.69, 9.17) is 0 Å². The molecule has 114 valence electrons. The number of hydrogen-bond acceptors (Lipinski definition) is 2. The van der Waals surface area contributed by atoms with Gasteiger partial charge in [0.25, 0.3) is 11.8 Å². The molecule has 0 bridgehead atoms. The van der Waals surface area contributed by atoms with E-state index in [1.54, 1.807) is 29.2 Å². The lowest BCUT2D eigenvalue weighted by Gasteiger charge is -2.27. The summed E-state index contributed by atoms with van der Waals surface area (Å²) in [4.78, 5) is 28.5. The number of carbonyl (C=O) groups is 2. The molecule has 0 saturated carbocycles. The summed E-state index contributed by atoms with van der Waals surface area (Å²) in [6, 6.07) is 7.12. The minimum Gasteiger partial charge on any atom is -0.339 e. The van der Waals surface area contributed by atoms with Gasteiger partial charge in [0.05, 0.1) is 0 Å². The predicted molar refractivity (Wildman–Crippen MR) is 83.4 cm³/mol. The van der Waals surface area contributed by atoms with E-state index in [0.29, 0.717) is 24.2 Å². The fraction of sp³-hybridized carbons (Fsp3) is 0.529. The van der Waals surface area contributed by atoms with Crippen molar-refractivity contribution >= 4 is 11.8 Å². The van der Waals surface area contributed by atoms with E-state index in [1.807, 2.05) is 18.7 Å². The van der Waals surface area contributed by atoms with Gasteiger partial charge in [-0.15, -0.1) is 0 Å². The molecule has 1 fully saturated rings. The predicted octanol–water partition coefficient (Wildman–Crippen LogP) is 2.79. The molecule has 0 unspecified atom stereocenters. The van der Waals surface area contributed by atoms with E-state index < -0.39 is 0 Å². The van der Waals surface area contributed by atoms with Gasteiger partial charge in [0.2, 0.25) is 0 Å². The highest BCUT2D eigenvalue weighted by molar-refractivity contribution is 5.99. The van der Waals surface area contributed by atoms with Crippen LogP contribution in [0.5, 0.6) is 0 Å². The van der Waals surface area contributed by atoms with Crippen LogP contribution in [0.25, 0.3) is 0 Å². The van der Waals surface area contributed by atoms with Gasteiger partial charge in [-0.1, -0.05) is 6.07 Å². The quantitative estimate of drug-likeness (QED) is 0.855. The van der Waals surface area contributed by atoms with Gasteiger partial charge in [0, 0.05) is 37.3 Å². The molecule has 1 aromatic carbocycles. The van der Waals surface area contributed by atoms with Crippen LogP contribution in [0.4, 0.5) is 0 Å². The molecule has 2 rings (SSSR count). The Hall–Kier alpha value is -1.84. The summed E-state index contributed by atoms with van der Waals surface area (Å²) in [5.74, 6) is 0.0391. The highest BCUT2D eigenvalue weighted by Gasteiger charge is 2.20. The number of benzene rings is 1. The topological polar surface area (TPSA) is 40.6 Å². The van der Waals surface area contributed by atoms with Crippen molar-refractivity contribution < 1.29 is 9.59 Å². The van der Waals surface area contributed by atoms with Crippen LogP contribution in [0.3, 0.4) is 0 Å². The van der Waals surface area contributed by atoms with E-state index in [1.165, 1.54) is 6.42 Å². The lowest BCUT2D eigenvalue weighted by molar-refractivity contribution is 0.0724. The molecule has 0 aromatic heterocycles. The minimum atomic E-state index is -0.00621. The second-order valence-electron chi connectivity index (χ2n) is 5.41. The largest absolute Gasteiger partial charge is 0.339 e. The van der Waals surface area contributed by atoms with Crippen LogP contribution < -0.4 is 0 Å². The van der Waals surface area contributed by atoms with Crippen molar-refractivity contribution in [3.63, 3.8) is 0 Å². The van der Waals surface area contributed by atoms with Crippen LogP contribution in [0.15, 0.2) is 24.3 Å². The number of rotatable bonds is 4. The molecule has 2 amide bonds. The summed E-state index contributed by atoms with van der Waals surface area (Å²) in [7, 11) is 0. The number of likely N-dealkylation sites (tertiary alicyclic amines) is 1. The fourth-order valence-electron chi connectivity index (χ4n) is 2.76. The zero-order chi connectivity index (χ0) is 15.2. The van der Waals surface area contributed by atoms with Crippen molar-refractivity contribution in [3.05, 3.63) is 35.4 Å². The van der Waals surface area contributed by atoms with Gasteiger partial charge in [-0.05, 0) is 51.3 Å². The maximum absolute atomic E-state index is 12.5. The molecule has 1 aliphatic heterocycles. The Balaban J connectivity index is 2.16. The summed E-state index contributed by atoms with van der Waals surface area (Å²) >= 11 is 0. The monoisotopic (exact) mass is 288 g/mol. The number of hydrogen-bond donors (Lipinski definition) is 0. The fourth-order valence-corrected chi connectivity index (χ4v) is 2.76. The van der Waals surface area contributed by atoms with Gasteiger partial charge in [0.15, 0.2) is 0 Å². The molecule has 0 atom stereocenters. The van der Waals surface area contributed by atoms with Crippen molar-refractivity contribution in [1.82, 2.24) is 9.80 Å². The van der Waals surface area contributed by atoms with Gasteiger partial charge >= 0.3 is 0 Å². The first-order chi connectivity index (χ1) is 10.2. The SMILES string of the molecule is CCN(CC)C(=O)c1cccc(C(=O)N2CCCCC2)c1. The summed E-state index contributed by atoms with van der Waals surface area (Å²) in [5, 5.41) is 0. The highest BCUT2D eigenvalue weighted by atomic mass is 16.2. The Morgan fingerprint density at radius 3 is 2.29 bits per heavy atom. The minimum absolute atomic E-state index is 0.00621. The molecule has 1 aliphatic rings. The van der Waals surface area contributed by atoms with Crippen molar-refractivity contribution in [2.24, 2.45) is 0 Å². The first-order valence-corrected chi connectivity index (χ1v) is 7.86. The molecule has 21 heavy (non-hydrogen) atoms. The Morgan fingerprint density at radius 2 is 1.67 bits per heavy atom. The molecule has 1 heterocycles. The molecule has 1 saturated heterocycles. The van der Waals surface area contributed by atoms with Gasteiger partial charge in [-0.25, -0.2) is 0 Å². The third-order valence-electron chi connectivity index (χ3n) is 4.05. The van der Waals surface area contributed by atoms with Gasteiger partial charge < -0.3 is 9.80 Å². The number of piperidine rings is 1. The van der Waals surface area contributed by atoms with E-state index in [-0.39, 0.29) is 11.8 Å². The normalized spacial score (nSPS) is 14.9. The maximum atomic E-state index is 12.5. The Labute approximate surface area is 126 Å². The van der Waals surface area contributed by atoms with E-state index in [2.05, 4.69) is 0 Å². The summed E-state index contributed by atoms with van der Waals surface area (Å²) in [6.45, 7) is 6.94. The smallest absolute Gasteiger partial charge is 0.253 e.